The molecule has 0 aromatic heterocycles. The van der Waals surface area contributed by atoms with Crippen LogP contribution in [0.1, 0.15) is 20.8 Å². The van der Waals surface area contributed by atoms with E-state index in [1.807, 2.05) is 0 Å². The Kier molecular flexibility index (Phi) is 52.7. The molecule has 0 spiro atoms. The standard InChI is InChI=1S/C12H24O6.3C2H6O.Ni/c1-2-14-5-6-16-9-10-18-12-11-17-8-7-15-4-3-13-1;3*1-2-3;/h1-12H2;3*3H,2H2,1H3;/q;;;;+2. The van der Waals surface area contributed by atoms with Crippen molar-refractivity contribution >= 4 is 0 Å². The molecule has 1 heterocycles. The molecule has 0 aromatic rings. The minimum Gasteiger partial charge on any atom is -0.397 e. The summed E-state index contributed by atoms with van der Waals surface area (Å²) in [6.45, 7) is 12.8. The summed E-state index contributed by atoms with van der Waals surface area (Å²) in [5, 5.41) is 22.7. The third kappa shape index (κ3) is 50.2. The van der Waals surface area contributed by atoms with Gasteiger partial charge in [0.15, 0.2) is 0 Å². The Morgan fingerprint density at radius 1 is 0.393 bits per heavy atom. The van der Waals surface area contributed by atoms with Crippen molar-refractivity contribution in [3.8, 4) is 0 Å². The van der Waals surface area contributed by atoms with Crippen LogP contribution >= 0.6 is 0 Å². The van der Waals surface area contributed by atoms with Crippen LogP contribution in [-0.2, 0) is 44.9 Å². The van der Waals surface area contributed by atoms with Gasteiger partial charge in [-0.2, -0.15) is 0 Å². The van der Waals surface area contributed by atoms with Crippen molar-refractivity contribution in [2.75, 3.05) is 99.1 Å². The van der Waals surface area contributed by atoms with Gasteiger partial charge in [0.25, 0.3) is 0 Å². The Bertz CT molecular complexity index is 136. The fraction of sp³-hybridized carbons (Fsp3) is 1.00. The van der Waals surface area contributed by atoms with Gasteiger partial charge in [-0.15, -0.1) is 0 Å². The zero-order valence-electron chi connectivity index (χ0n) is 17.7. The average Bonchev–Trinajstić information content (AvgIpc) is 2.64. The van der Waals surface area contributed by atoms with E-state index in [1.165, 1.54) is 0 Å². The SMILES string of the molecule is C1COCCOCCOCCOCCOCCO1.CCO.CCO.CCO.[Ni+2]. The Labute approximate surface area is 180 Å². The Hall–Kier alpha value is 0.134. The van der Waals surface area contributed by atoms with Gasteiger partial charge in [0.2, 0.25) is 0 Å². The molecule has 10 heteroatoms. The van der Waals surface area contributed by atoms with Gasteiger partial charge in [0.1, 0.15) is 0 Å². The van der Waals surface area contributed by atoms with Crippen molar-refractivity contribution in [2.45, 2.75) is 20.8 Å². The molecule has 0 aromatic carbocycles. The van der Waals surface area contributed by atoms with Gasteiger partial charge in [-0.25, -0.2) is 0 Å². The summed E-state index contributed by atoms with van der Waals surface area (Å²) in [6, 6.07) is 0. The number of ether oxygens (including phenoxy) is 6. The van der Waals surface area contributed by atoms with Crippen molar-refractivity contribution < 1.29 is 60.2 Å². The second-order valence-corrected chi connectivity index (χ2v) is 4.62. The van der Waals surface area contributed by atoms with Gasteiger partial charge in [0, 0.05) is 19.8 Å². The predicted molar refractivity (Wildman–Crippen MR) is 103 cm³/mol. The third-order valence-electron chi connectivity index (χ3n) is 2.23. The van der Waals surface area contributed by atoms with E-state index in [0.29, 0.717) is 79.3 Å². The maximum atomic E-state index is 7.57. The summed E-state index contributed by atoms with van der Waals surface area (Å²) in [6.07, 6.45) is 0. The Morgan fingerprint density at radius 2 is 0.464 bits per heavy atom. The average molecular weight is 461 g/mol. The predicted octanol–water partition coefficient (Wildman–Crippen LogP) is 0.0929. The van der Waals surface area contributed by atoms with Gasteiger partial charge >= 0.3 is 16.5 Å². The van der Waals surface area contributed by atoms with E-state index in [1.54, 1.807) is 20.8 Å². The van der Waals surface area contributed by atoms with E-state index < -0.39 is 0 Å². The number of hydrogen-bond donors (Lipinski definition) is 3. The first-order chi connectivity index (χ1) is 13.2. The molecule has 1 aliphatic heterocycles. The Balaban J connectivity index is -0.000000245. The molecule has 0 atom stereocenters. The minimum absolute atomic E-state index is 0. The van der Waals surface area contributed by atoms with Crippen LogP contribution in [0.5, 0.6) is 0 Å². The van der Waals surface area contributed by atoms with E-state index in [-0.39, 0.29) is 36.3 Å². The van der Waals surface area contributed by atoms with Crippen LogP contribution in [0, 0.1) is 0 Å². The molecule has 0 amide bonds. The summed E-state index contributed by atoms with van der Waals surface area (Å²) in [5.41, 5.74) is 0. The van der Waals surface area contributed by atoms with Crippen LogP contribution in [0.4, 0.5) is 0 Å². The summed E-state index contributed by atoms with van der Waals surface area (Å²) in [7, 11) is 0. The van der Waals surface area contributed by atoms with Crippen LogP contribution in [-0.4, -0.2) is 114 Å². The smallest absolute Gasteiger partial charge is 0.397 e. The first kappa shape index (κ1) is 35.6. The molecule has 1 aliphatic rings. The maximum Gasteiger partial charge on any atom is 2.00 e. The molecule has 0 radical (unpaired) electrons. The van der Waals surface area contributed by atoms with Crippen molar-refractivity contribution in [3.63, 3.8) is 0 Å². The zero-order chi connectivity index (χ0) is 20.8. The van der Waals surface area contributed by atoms with E-state index in [0.717, 1.165) is 0 Å². The van der Waals surface area contributed by atoms with Crippen LogP contribution in [0.3, 0.4) is 0 Å². The van der Waals surface area contributed by atoms with E-state index in [4.69, 9.17) is 43.7 Å². The van der Waals surface area contributed by atoms with Crippen molar-refractivity contribution in [1.29, 1.82) is 0 Å². The molecule has 0 aliphatic carbocycles. The first-order valence-corrected chi connectivity index (χ1v) is 9.53. The minimum atomic E-state index is 0. The molecule has 1 saturated heterocycles. The topological polar surface area (TPSA) is 116 Å². The van der Waals surface area contributed by atoms with Gasteiger partial charge in [0.05, 0.1) is 79.3 Å². The molecule has 0 bridgehead atoms. The molecule has 9 nitrogen and oxygen atoms in total. The van der Waals surface area contributed by atoms with E-state index >= 15 is 0 Å². The molecule has 28 heavy (non-hydrogen) atoms. The maximum absolute atomic E-state index is 7.57. The molecule has 0 unspecified atom stereocenters. The van der Waals surface area contributed by atoms with Crippen molar-refractivity contribution in [1.82, 2.24) is 0 Å². The van der Waals surface area contributed by atoms with Crippen molar-refractivity contribution in [3.05, 3.63) is 0 Å². The summed E-state index contributed by atoms with van der Waals surface area (Å²) >= 11 is 0. The normalized spacial score (nSPS) is 17.4. The first-order valence-electron chi connectivity index (χ1n) is 9.53. The van der Waals surface area contributed by atoms with Crippen LogP contribution in [0.2, 0.25) is 0 Å². The molecule has 0 saturated carbocycles. The quantitative estimate of drug-likeness (QED) is 0.432. The Morgan fingerprint density at radius 3 is 0.536 bits per heavy atom. The second kappa shape index (κ2) is 41.5. The second-order valence-electron chi connectivity index (χ2n) is 4.62. The third-order valence-corrected chi connectivity index (χ3v) is 2.23. The molecular formula is C18H42NiO9+2. The molecule has 1 fully saturated rings. The molecule has 1 rings (SSSR count). The van der Waals surface area contributed by atoms with Crippen LogP contribution < -0.4 is 0 Å². The van der Waals surface area contributed by atoms with Crippen LogP contribution in [0.25, 0.3) is 0 Å². The number of hydrogen-bond acceptors (Lipinski definition) is 9. The van der Waals surface area contributed by atoms with E-state index in [9.17, 15) is 0 Å². The van der Waals surface area contributed by atoms with Gasteiger partial charge in [-0.3, -0.25) is 0 Å². The van der Waals surface area contributed by atoms with E-state index in [2.05, 4.69) is 0 Å². The molecule has 3 N–H and O–H groups in total. The zero-order valence-corrected chi connectivity index (χ0v) is 18.7. The number of aliphatic hydroxyl groups is 3. The monoisotopic (exact) mass is 460 g/mol. The summed E-state index contributed by atoms with van der Waals surface area (Å²) in [4.78, 5) is 0. The van der Waals surface area contributed by atoms with Gasteiger partial charge < -0.3 is 43.7 Å². The van der Waals surface area contributed by atoms with Gasteiger partial charge in [-0.05, 0) is 20.8 Å². The summed E-state index contributed by atoms with van der Waals surface area (Å²) in [5.74, 6) is 0. The fourth-order valence-corrected chi connectivity index (χ4v) is 1.32. The number of rotatable bonds is 0. The largest absolute Gasteiger partial charge is 2.00 e. The van der Waals surface area contributed by atoms with Crippen molar-refractivity contribution in [2.24, 2.45) is 0 Å². The number of aliphatic hydroxyl groups excluding tert-OH is 3. The van der Waals surface area contributed by atoms with Crippen LogP contribution in [0.15, 0.2) is 0 Å². The molecular weight excluding hydrogens is 419 g/mol. The fourth-order valence-electron chi connectivity index (χ4n) is 1.32. The summed E-state index contributed by atoms with van der Waals surface area (Å²) < 4.78 is 32.0. The molecule has 176 valence electrons. The van der Waals surface area contributed by atoms with Gasteiger partial charge in [-0.1, -0.05) is 0 Å².